The Bertz CT molecular complexity index is 3360. The van der Waals surface area contributed by atoms with Crippen molar-refractivity contribution in [2.24, 2.45) is 20.9 Å². The highest BCUT2D eigenvalue weighted by Crippen LogP contribution is 2.63. The highest BCUT2D eigenvalue weighted by Gasteiger charge is 2.54. The quantitative estimate of drug-likeness (QED) is 0.181. The van der Waals surface area contributed by atoms with Gasteiger partial charge in [0.05, 0.1) is 11.1 Å². The summed E-state index contributed by atoms with van der Waals surface area (Å²) in [6.45, 7) is 4.75. The number of hydrogen-bond donors (Lipinski definition) is 2. The van der Waals surface area contributed by atoms with E-state index >= 15 is 0 Å². The molecule has 2 aliphatic heterocycles. The van der Waals surface area contributed by atoms with Crippen molar-refractivity contribution in [3.8, 4) is 11.1 Å². The average molecular weight is 840 g/mol. The molecule has 0 radical (unpaired) electrons. The van der Waals surface area contributed by atoms with Crippen LogP contribution in [-0.4, -0.2) is 23.5 Å². The zero-order chi connectivity index (χ0) is 43.3. The van der Waals surface area contributed by atoms with Crippen molar-refractivity contribution in [3.63, 3.8) is 0 Å². The summed E-state index contributed by atoms with van der Waals surface area (Å²) in [4.78, 5) is 16.3. The van der Waals surface area contributed by atoms with Crippen molar-refractivity contribution in [2.45, 2.75) is 43.4 Å². The molecule has 3 aliphatic carbocycles. The van der Waals surface area contributed by atoms with Crippen LogP contribution in [0.15, 0.2) is 214 Å². The first-order valence-corrected chi connectivity index (χ1v) is 22.7. The molecule has 6 heteroatoms. The Kier molecular flexibility index (Phi) is 8.32. The molecular weight excluding hydrogens is 795 g/mol. The Labute approximate surface area is 378 Å². The van der Waals surface area contributed by atoms with Crippen LogP contribution < -0.4 is 10.6 Å². The van der Waals surface area contributed by atoms with Gasteiger partial charge in [0.25, 0.3) is 0 Å². The molecule has 65 heavy (non-hydrogen) atoms. The number of aliphatic imine (C=N–C) groups is 3. The van der Waals surface area contributed by atoms with Gasteiger partial charge in [0.1, 0.15) is 29.1 Å². The highest BCUT2D eigenvalue weighted by molar-refractivity contribution is 6.20. The predicted octanol–water partition coefficient (Wildman–Crippen LogP) is 12.7. The lowest BCUT2D eigenvalue weighted by Gasteiger charge is -2.46. The number of nitrogens with zero attached hydrogens (tertiary/aromatic N) is 3. The summed E-state index contributed by atoms with van der Waals surface area (Å²) in [6, 6.07) is 61.3. The van der Waals surface area contributed by atoms with Gasteiger partial charge in [-0.25, -0.2) is 9.98 Å². The van der Waals surface area contributed by atoms with Crippen LogP contribution in [0.5, 0.6) is 0 Å². The Morgan fingerprint density at radius 3 is 1.97 bits per heavy atom. The first-order chi connectivity index (χ1) is 32.0. The van der Waals surface area contributed by atoms with E-state index in [4.69, 9.17) is 19.4 Å². The zero-order valence-electron chi connectivity index (χ0n) is 36.2. The molecule has 8 aromatic rings. The normalized spacial score (nSPS) is 20.3. The van der Waals surface area contributed by atoms with Crippen LogP contribution in [0.4, 0.5) is 5.69 Å². The third-order valence-corrected chi connectivity index (χ3v) is 14.4. The summed E-state index contributed by atoms with van der Waals surface area (Å²) in [7, 11) is 0. The number of para-hydroxylation sites is 1. The maximum Gasteiger partial charge on any atom is 0.177 e. The second kappa shape index (κ2) is 14.3. The molecule has 0 saturated carbocycles. The lowest BCUT2D eigenvalue weighted by Crippen LogP contribution is -2.41. The van der Waals surface area contributed by atoms with Gasteiger partial charge in [0.15, 0.2) is 11.9 Å². The summed E-state index contributed by atoms with van der Waals surface area (Å²) < 4.78 is 6.57. The second-order valence-electron chi connectivity index (χ2n) is 18.3. The Morgan fingerprint density at radius 2 is 1.23 bits per heavy atom. The highest BCUT2D eigenvalue weighted by atomic mass is 16.3. The number of benzene rings is 7. The van der Waals surface area contributed by atoms with Gasteiger partial charge >= 0.3 is 0 Å². The van der Waals surface area contributed by atoms with Gasteiger partial charge in [0, 0.05) is 33.4 Å². The van der Waals surface area contributed by atoms with Crippen molar-refractivity contribution < 1.29 is 4.42 Å². The van der Waals surface area contributed by atoms with E-state index in [0.717, 1.165) is 68.5 Å². The molecule has 13 rings (SSSR count). The SMILES string of the molecule is CC1(C)c2ccccc2C2(c3ccc(C4N=C(c5ccccc5)c5oc6ccccc6c5N4)cc3-c3c(C4=NC(C5C=CC=CC5)N=C(c5ccccc5)N4)cccc32)c2ccccc21. The van der Waals surface area contributed by atoms with Gasteiger partial charge in [0.2, 0.25) is 0 Å². The van der Waals surface area contributed by atoms with Crippen LogP contribution in [0.3, 0.4) is 0 Å². The Hall–Kier alpha value is -7.83. The maximum absolute atomic E-state index is 6.57. The van der Waals surface area contributed by atoms with Gasteiger partial charge in [-0.15, -0.1) is 0 Å². The molecule has 0 fully saturated rings. The monoisotopic (exact) mass is 839 g/mol. The van der Waals surface area contributed by atoms with Crippen molar-refractivity contribution in [1.82, 2.24) is 5.32 Å². The average Bonchev–Trinajstić information content (AvgIpc) is 3.90. The van der Waals surface area contributed by atoms with Crippen LogP contribution in [-0.2, 0) is 10.8 Å². The number of nitrogens with one attached hydrogen (secondary N) is 2. The number of furan rings is 1. The van der Waals surface area contributed by atoms with Gasteiger partial charge < -0.3 is 15.1 Å². The minimum atomic E-state index is -0.601. The van der Waals surface area contributed by atoms with Crippen LogP contribution in [0.1, 0.15) is 87.8 Å². The first kappa shape index (κ1) is 37.7. The first-order valence-electron chi connectivity index (χ1n) is 22.7. The molecule has 3 atom stereocenters. The summed E-state index contributed by atoms with van der Waals surface area (Å²) in [6.07, 6.45) is 8.91. The second-order valence-corrected chi connectivity index (χ2v) is 18.3. The van der Waals surface area contributed by atoms with E-state index < -0.39 is 11.6 Å². The molecule has 0 saturated heterocycles. The summed E-state index contributed by atoms with van der Waals surface area (Å²) in [5.41, 5.74) is 16.1. The minimum Gasteiger partial charge on any atom is -0.452 e. The van der Waals surface area contributed by atoms with Crippen molar-refractivity contribution >= 4 is 34.0 Å². The van der Waals surface area contributed by atoms with E-state index in [-0.39, 0.29) is 17.5 Å². The Morgan fingerprint density at radius 1 is 0.569 bits per heavy atom. The van der Waals surface area contributed by atoms with Gasteiger partial charge in [-0.2, -0.15) is 0 Å². The molecule has 3 heterocycles. The van der Waals surface area contributed by atoms with E-state index in [0.29, 0.717) is 0 Å². The van der Waals surface area contributed by atoms with Gasteiger partial charge in [-0.3, -0.25) is 4.99 Å². The molecule has 0 bridgehead atoms. The minimum absolute atomic E-state index is 0.134. The number of allylic oxidation sites excluding steroid dienone is 3. The topological polar surface area (TPSA) is 74.3 Å². The van der Waals surface area contributed by atoms with E-state index in [1.807, 2.05) is 18.2 Å². The molecule has 1 aromatic heterocycles. The van der Waals surface area contributed by atoms with Gasteiger partial charge in [-0.05, 0) is 74.7 Å². The Balaban J connectivity index is 1.07. The lowest BCUT2D eigenvalue weighted by molar-refractivity contribution is 0.517. The third kappa shape index (κ3) is 5.56. The summed E-state index contributed by atoms with van der Waals surface area (Å²) >= 11 is 0. The molecule has 1 spiro atoms. The van der Waals surface area contributed by atoms with Crippen LogP contribution in [0.25, 0.3) is 22.1 Å². The molecule has 5 aliphatic rings. The summed E-state index contributed by atoms with van der Waals surface area (Å²) in [5, 5.41) is 8.70. The predicted molar refractivity (Wildman–Crippen MR) is 263 cm³/mol. The van der Waals surface area contributed by atoms with Crippen molar-refractivity contribution in [1.29, 1.82) is 0 Å². The fraction of sp³-hybridized carbons (Fsp3) is 0.136. The van der Waals surface area contributed by atoms with Gasteiger partial charge in [-0.1, -0.05) is 190 Å². The summed E-state index contributed by atoms with van der Waals surface area (Å²) in [5.74, 6) is 2.55. The molecular formula is C59H45N5O. The molecule has 2 N–H and O–H groups in total. The van der Waals surface area contributed by atoms with Crippen LogP contribution in [0, 0.1) is 5.92 Å². The van der Waals surface area contributed by atoms with E-state index in [9.17, 15) is 0 Å². The van der Waals surface area contributed by atoms with Crippen LogP contribution >= 0.6 is 0 Å². The fourth-order valence-corrected chi connectivity index (χ4v) is 11.4. The molecule has 7 aromatic carbocycles. The largest absolute Gasteiger partial charge is 0.452 e. The van der Waals surface area contributed by atoms with Crippen molar-refractivity contribution in [3.05, 3.63) is 256 Å². The number of rotatable bonds is 5. The molecule has 312 valence electrons. The maximum atomic E-state index is 6.57. The van der Waals surface area contributed by atoms with Crippen LogP contribution in [0.2, 0.25) is 0 Å². The number of amidine groups is 2. The standard InChI is InChI=1S/C59H45N5O/c1-58(2)44-27-13-15-29-46(44)59(47-30-16-14-28-45(47)58)43-34-33-39(56-60-51(36-19-6-3-7-20-36)53-52(61-56)40-25-12-17-32-49(40)65-53)35-42(43)50-41(26-18-31-48(50)59)57-63-54(37-21-8-4-9-22-37)62-55(64-57)38-23-10-5-11-24-38/h3-23,25-35,38,55-56,61H,24H2,1-2H3,(H,62,63,64). The molecule has 0 amide bonds. The van der Waals surface area contributed by atoms with Crippen molar-refractivity contribution in [2.75, 3.05) is 5.32 Å². The number of anilines is 1. The molecule has 3 unspecified atom stereocenters. The number of fused-ring (bicyclic) bond motifs is 12. The smallest absolute Gasteiger partial charge is 0.177 e. The fourth-order valence-electron chi connectivity index (χ4n) is 11.4. The zero-order valence-corrected chi connectivity index (χ0v) is 36.2. The van der Waals surface area contributed by atoms with E-state index in [1.165, 1.54) is 44.5 Å². The van der Waals surface area contributed by atoms with E-state index in [2.05, 4.69) is 200 Å². The lowest BCUT2D eigenvalue weighted by atomic mass is 9.55. The number of hydrogen-bond acceptors (Lipinski definition) is 6. The molecule has 6 nitrogen and oxygen atoms in total. The third-order valence-electron chi connectivity index (χ3n) is 14.4. The van der Waals surface area contributed by atoms with E-state index in [1.54, 1.807) is 0 Å².